The van der Waals surface area contributed by atoms with Crippen LogP contribution in [-0.4, -0.2) is 11.2 Å². The maximum atomic E-state index is 9.66. The molecular formula is C11H21O. The summed E-state index contributed by atoms with van der Waals surface area (Å²) in [4.78, 5) is 0. The van der Waals surface area contributed by atoms with Crippen LogP contribution in [0.25, 0.3) is 0 Å². The fourth-order valence-electron chi connectivity index (χ4n) is 1.60. The zero-order valence-corrected chi connectivity index (χ0v) is 8.29. The summed E-state index contributed by atoms with van der Waals surface area (Å²) in [7, 11) is 0. The van der Waals surface area contributed by atoms with Gasteiger partial charge in [0.05, 0.1) is 6.10 Å². The van der Waals surface area contributed by atoms with Gasteiger partial charge < -0.3 is 5.11 Å². The van der Waals surface area contributed by atoms with Crippen LogP contribution < -0.4 is 0 Å². The van der Waals surface area contributed by atoms with E-state index in [0.29, 0.717) is 12.3 Å². The summed E-state index contributed by atoms with van der Waals surface area (Å²) in [6.45, 7) is 9.58. The molecule has 0 fully saturated rings. The average Bonchev–Trinajstić information content (AvgIpc) is 2.04. The second kappa shape index (κ2) is 7.35. The fourth-order valence-corrected chi connectivity index (χ4v) is 1.60. The molecule has 1 atom stereocenters. The van der Waals surface area contributed by atoms with E-state index in [1.54, 1.807) is 6.08 Å². The van der Waals surface area contributed by atoms with E-state index in [9.17, 15) is 5.11 Å². The molecule has 1 heteroatoms. The second-order valence-corrected chi connectivity index (χ2v) is 3.38. The van der Waals surface area contributed by atoms with Gasteiger partial charge in [0, 0.05) is 0 Å². The molecule has 0 rings (SSSR count). The van der Waals surface area contributed by atoms with E-state index < -0.39 is 0 Å². The second-order valence-electron chi connectivity index (χ2n) is 3.38. The molecule has 1 radical (unpaired) electrons. The van der Waals surface area contributed by atoms with Crippen LogP contribution in [0.3, 0.4) is 0 Å². The Kier molecular flexibility index (Phi) is 7.17. The van der Waals surface area contributed by atoms with Crippen molar-refractivity contribution in [2.75, 3.05) is 0 Å². The summed E-state index contributed by atoms with van der Waals surface area (Å²) in [5, 5.41) is 9.66. The van der Waals surface area contributed by atoms with Crippen molar-refractivity contribution in [1.82, 2.24) is 0 Å². The minimum Gasteiger partial charge on any atom is -0.393 e. The van der Waals surface area contributed by atoms with E-state index in [2.05, 4.69) is 13.8 Å². The van der Waals surface area contributed by atoms with Crippen LogP contribution in [0.4, 0.5) is 0 Å². The summed E-state index contributed by atoms with van der Waals surface area (Å²) < 4.78 is 0. The molecule has 0 aliphatic heterocycles. The van der Waals surface area contributed by atoms with Crippen LogP contribution in [0, 0.1) is 12.5 Å². The Hall–Kier alpha value is -0.300. The molecule has 0 heterocycles. The lowest BCUT2D eigenvalue weighted by Crippen LogP contribution is -2.19. The van der Waals surface area contributed by atoms with Crippen molar-refractivity contribution >= 4 is 0 Å². The lowest BCUT2D eigenvalue weighted by atomic mass is 9.91. The van der Waals surface area contributed by atoms with Gasteiger partial charge in [0.2, 0.25) is 0 Å². The minimum atomic E-state index is -0.227. The Morgan fingerprint density at radius 2 is 1.75 bits per heavy atom. The van der Waals surface area contributed by atoms with E-state index in [4.69, 9.17) is 6.58 Å². The van der Waals surface area contributed by atoms with Crippen LogP contribution in [0.15, 0.2) is 6.08 Å². The normalized spacial score (nSPS) is 13.3. The van der Waals surface area contributed by atoms with Crippen molar-refractivity contribution in [3.05, 3.63) is 12.7 Å². The van der Waals surface area contributed by atoms with Gasteiger partial charge in [-0.1, -0.05) is 39.3 Å². The molecule has 0 aliphatic rings. The number of aliphatic hydroxyl groups excluding tert-OH is 1. The lowest BCUT2D eigenvalue weighted by molar-refractivity contribution is 0.0988. The maximum absolute atomic E-state index is 9.66. The highest BCUT2D eigenvalue weighted by Crippen LogP contribution is 2.19. The first kappa shape index (κ1) is 11.7. The van der Waals surface area contributed by atoms with Crippen LogP contribution in [-0.2, 0) is 0 Å². The molecule has 1 N–H and O–H groups in total. The molecule has 0 amide bonds. The fraction of sp³-hybridized carbons (Fsp3) is 0.818. The molecular weight excluding hydrogens is 148 g/mol. The number of rotatable bonds is 7. The van der Waals surface area contributed by atoms with E-state index in [1.165, 1.54) is 0 Å². The van der Waals surface area contributed by atoms with Crippen molar-refractivity contribution in [1.29, 1.82) is 0 Å². The standard InChI is InChI=1S/C11H21O/c1-4-7-10(8-5-2)11(12)9-6-3/h3,6,10-12H,4-5,7-9H2,1-2H3. The molecule has 1 unspecified atom stereocenters. The number of hydrogen-bond acceptors (Lipinski definition) is 1. The summed E-state index contributed by atoms with van der Waals surface area (Å²) in [6, 6.07) is 0. The molecule has 0 bridgehead atoms. The zero-order chi connectivity index (χ0) is 9.40. The van der Waals surface area contributed by atoms with Gasteiger partial charge in [-0.25, -0.2) is 0 Å². The topological polar surface area (TPSA) is 20.2 Å². The molecule has 0 spiro atoms. The van der Waals surface area contributed by atoms with Crippen molar-refractivity contribution in [3.63, 3.8) is 0 Å². The summed E-state index contributed by atoms with van der Waals surface area (Å²) in [5.41, 5.74) is 0. The first-order valence-corrected chi connectivity index (χ1v) is 4.97. The molecule has 0 aromatic rings. The van der Waals surface area contributed by atoms with Gasteiger partial charge in [-0.15, -0.1) is 0 Å². The van der Waals surface area contributed by atoms with Crippen molar-refractivity contribution in [2.45, 2.75) is 52.1 Å². The lowest BCUT2D eigenvalue weighted by Gasteiger charge is -2.20. The smallest absolute Gasteiger partial charge is 0.0602 e. The van der Waals surface area contributed by atoms with Gasteiger partial charge in [0.1, 0.15) is 0 Å². The van der Waals surface area contributed by atoms with Crippen molar-refractivity contribution in [2.24, 2.45) is 5.92 Å². The average molecular weight is 169 g/mol. The molecule has 0 aromatic heterocycles. The highest BCUT2D eigenvalue weighted by Gasteiger charge is 2.15. The monoisotopic (exact) mass is 169 g/mol. The molecule has 0 aromatic carbocycles. The SMILES string of the molecule is [CH]=CCC(O)C(CCC)CCC. The zero-order valence-electron chi connectivity index (χ0n) is 8.29. The molecule has 0 saturated carbocycles. The van der Waals surface area contributed by atoms with Gasteiger partial charge in [-0.05, 0) is 25.2 Å². The van der Waals surface area contributed by atoms with Gasteiger partial charge in [0.15, 0.2) is 0 Å². The number of hydrogen-bond donors (Lipinski definition) is 1. The largest absolute Gasteiger partial charge is 0.393 e. The van der Waals surface area contributed by atoms with Gasteiger partial charge >= 0.3 is 0 Å². The van der Waals surface area contributed by atoms with Gasteiger partial charge in [-0.2, -0.15) is 0 Å². The predicted octanol–water partition coefficient (Wildman–Crippen LogP) is 2.94. The van der Waals surface area contributed by atoms with E-state index in [1.807, 2.05) is 0 Å². The Labute approximate surface area is 76.5 Å². The predicted molar refractivity (Wildman–Crippen MR) is 52.8 cm³/mol. The highest BCUT2D eigenvalue weighted by molar-refractivity contribution is 4.75. The van der Waals surface area contributed by atoms with Gasteiger partial charge in [-0.3, -0.25) is 0 Å². The maximum Gasteiger partial charge on any atom is 0.0602 e. The van der Waals surface area contributed by atoms with Crippen LogP contribution in [0.1, 0.15) is 46.0 Å². The Balaban J connectivity index is 3.80. The first-order chi connectivity index (χ1) is 5.76. The number of aliphatic hydroxyl groups is 1. The quantitative estimate of drug-likeness (QED) is 0.621. The Morgan fingerprint density at radius 1 is 1.25 bits per heavy atom. The highest BCUT2D eigenvalue weighted by atomic mass is 16.3. The molecule has 1 nitrogen and oxygen atoms in total. The molecule has 0 saturated heterocycles. The summed E-state index contributed by atoms with van der Waals surface area (Å²) in [6.07, 6.45) is 6.48. The third-order valence-electron chi connectivity index (χ3n) is 2.24. The summed E-state index contributed by atoms with van der Waals surface area (Å²) in [5.74, 6) is 0.444. The van der Waals surface area contributed by atoms with Crippen molar-refractivity contribution < 1.29 is 5.11 Å². The Bertz CT molecular complexity index is 104. The molecule has 12 heavy (non-hydrogen) atoms. The van der Waals surface area contributed by atoms with E-state index in [0.717, 1.165) is 25.7 Å². The first-order valence-electron chi connectivity index (χ1n) is 4.97. The van der Waals surface area contributed by atoms with Crippen LogP contribution in [0.2, 0.25) is 0 Å². The van der Waals surface area contributed by atoms with Crippen molar-refractivity contribution in [3.8, 4) is 0 Å². The minimum absolute atomic E-state index is 0.227. The van der Waals surface area contributed by atoms with E-state index in [-0.39, 0.29) is 6.10 Å². The van der Waals surface area contributed by atoms with Gasteiger partial charge in [0.25, 0.3) is 0 Å². The third kappa shape index (κ3) is 4.55. The van der Waals surface area contributed by atoms with Crippen LogP contribution in [0.5, 0.6) is 0 Å². The molecule has 71 valence electrons. The van der Waals surface area contributed by atoms with E-state index >= 15 is 0 Å². The molecule has 0 aliphatic carbocycles. The Morgan fingerprint density at radius 3 is 2.08 bits per heavy atom. The van der Waals surface area contributed by atoms with Crippen LogP contribution >= 0.6 is 0 Å². The third-order valence-corrected chi connectivity index (χ3v) is 2.24. The summed E-state index contributed by atoms with van der Waals surface area (Å²) >= 11 is 0.